The quantitative estimate of drug-likeness (QED) is 0.358. The summed E-state index contributed by atoms with van der Waals surface area (Å²) in [6.45, 7) is 9.88. The molecule has 0 saturated carbocycles. The Morgan fingerprint density at radius 2 is 1.70 bits per heavy atom. The Morgan fingerprint density at radius 3 is 2.21 bits per heavy atom. The van der Waals surface area contributed by atoms with Crippen LogP contribution in [0.3, 0.4) is 0 Å². The van der Waals surface area contributed by atoms with Gasteiger partial charge in [-0.15, -0.1) is 0 Å². The number of aryl methyl sites for hydroxylation is 1. The van der Waals surface area contributed by atoms with E-state index >= 15 is 0 Å². The number of nitrogens with one attached hydrogen (secondary N) is 1. The van der Waals surface area contributed by atoms with Crippen LogP contribution in [0, 0.1) is 5.41 Å². The molecule has 0 amide bonds. The van der Waals surface area contributed by atoms with Crippen LogP contribution >= 0.6 is 11.6 Å². The molecule has 1 atom stereocenters. The van der Waals surface area contributed by atoms with Crippen molar-refractivity contribution >= 4 is 28.2 Å². The van der Waals surface area contributed by atoms with Crippen molar-refractivity contribution in [2.75, 3.05) is 0 Å². The predicted octanol–water partition coefficient (Wildman–Crippen LogP) is 8.54. The van der Waals surface area contributed by atoms with E-state index in [4.69, 9.17) is 22.0 Å². The molecule has 2 aromatic carbocycles. The van der Waals surface area contributed by atoms with Gasteiger partial charge in [0, 0.05) is 29.1 Å². The van der Waals surface area contributed by atoms with E-state index in [9.17, 15) is 13.2 Å². The lowest BCUT2D eigenvalue weighted by atomic mass is 9.86. The van der Waals surface area contributed by atoms with Gasteiger partial charge in [0.05, 0.1) is 16.1 Å². The first-order chi connectivity index (χ1) is 15.4. The maximum atomic E-state index is 12.9. The van der Waals surface area contributed by atoms with Crippen LogP contribution in [0.25, 0.3) is 10.9 Å². The lowest BCUT2D eigenvalue weighted by Crippen LogP contribution is -2.08. The van der Waals surface area contributed by atoms with Crippen molar-refractivity contribution in [1.29, 1.82) is 5.41 Å². The van der Waals surface area contributed by atoms with Crippen molar-refractivity contribution in [3.05, 3.63) is 86.6 Å². The second-order valence-corrected chi connectivity index (χ2v) is 8.99. The van der Waals surface area contributed by atoms with E-state index in [0.29, 0.717) is 23.6 Å². The van der Waals surface area contributed by atoms with Crippen LogP contribution < -0.4 is 0 Å². The van der Waals surface area contributed by atoms with E-state index in [0.717, 1.165) is 56.6 Å². The first kappa shape index (κ1) is 25.0. The third kappa shape index (κ3) is 5.30. The molecule has 1 aromatic heterocycles. The molecule has 2 nitrogen and oxygen atoms in total. The van der Waals surface area contributed by atoms with Crippen LogP contribution in [0.15, 0.2) is 53.6 Å². The van der Waals surface area contributed by atoms with Crippen molar-refractivity contribution < 1.29 is 13.2 Å². The third-order valence-corrected chi connectivity index (χ3v) is 6.43. The van der Waals surface area contributed by atoms with Gasteiger partial charge in [0.25, 0.3) is 0 Å². The van der Waals surface area contributed by atoms with Crippen LogP contribution in [-0.4, -0.2) is 10.7 Å². The summed E-state index contributed by atoms with van der Waals surface area (Å²) in [5.74, 6) is 0.0252. The van der Waals surface area contributed by atoms with E-state index in [-0.39, 0.29) is 5.92 Å². The lowest BCUT2D eigenvalue weighted by Gasteiger charge is -2.19. The number of allylic oxidation sites excluding steroid dienone is 2. The highest BCUT2D eigenvalue weighted by Crippen LogP contribution is 2.35. The fourth-order valence-corrected chi connectivity index (χ4v) is 4.71. The highest BCUT2D eigenvalue weighted by molar-refractivity contribution is 6.36. The number of hydrogen-bond donors (Lipinski definition) is 1. The minimum Gasteiger partial charge on any atom is -0.305 e. The molecule has 0 spiro atoms. The zero-order chi connectivity index (χ0) is 24.5. The van der Waals surface area contributed by atoms with Gasteiger partial charge in [0.15, 0.2) is 0 Å². The SMILES string of the molecule is CCc1nc2ccc(C(C)C(C(C)=N)=C(C)C)cc2c(Cl)c1Cc1ccc(C(F)(F)F)cc1. The minimum atomic E-state index is -4.36. The fourth-order valence-electron chi connectivity index (χ4n) is 4.39. The largest absolute Gasteiger partial charge is 0.416 e. The topological polar surface area (TPSA) is 36.7 Å². The molecular weight excluding hydrogens is 445 g/mol. The number of fused-ring (bicyclic) bond motifs is 1. The number of hydrogen-bond acceptors (Lipinski definition) is 2. The van der Waals surface area contributed by atoms with Crippen molar-refractivity contribution in [3.8, 4) is 0 Å². The van der Waals surface area contributed by atoms with Gasteiger partial charge in [-0.2, -0.15) is 13.2 Å². The molecule has 0 aliphatic carbocycles. The molecule has 1 N–H and O–H groups in total. The van der Waals surface area contributed by atoms with Gasteiger partial charge in [0.2, 0.25) is 0 Å². The Labute approximate surface area is 198 Å². The molecule has 6 heteroatoms. The number of benzene rings is 2. The predicted molar refractivity (Wildman–Crippen MR) is 131 cm³/mol. The van der Waals surface area contributed by atoms with Crippen LogP contribution in [-0.2, 0) is 19.0 Å². The van der Waals surface area contributed by atoms with Gasteiger partial charge in [-0.1, -0.05) is 49.2 Å². The molecule has 1 heterocycles. The molecule has 3 aromatic rings. The number of nitrogens with zero attached hydrogens (tertiary/aromatic N) is 1. The maximum Gasteiger partial charge on any atom is 0.416 e. The molecule has 0 bridgehead atoms. The lowest BCUT2D eigenvalue weighted by molar-refractivity contribution is -0.137. The smallest absolute Gasteiger partial charge is 0.305 e. The molecule has 0 saturated heterocycles. The summed E-state index contributed by atoms with van der Waals surface area (Å²) < 4.78 is 38.7. The number of pyridine rings is 1. The van der Waals surface area contributed by atoms with Crippen LogP contribution in [0.1, 0.15) is 68.5 Å². The Morgan fingerprint density at radius 1 is 1.06 bits per heavy atom. The molecule has 174 valence electrons. The highest BCUT2D eigenvalue weighted by Gasteiger charge is 2.30. The normalized spacial score (nSPS) is 12.6. The van der Waals surface area contributed by atoms with E-state index < -0.39 is 11.7 Å². The molecular formula is C27H28ClF3N2. The van der Waals surface area contributed by atoms with Crippen molar-refractivity contribution in [3.63, 3.8) is 0 Å². The molecule has 33 heavy (non-hydrogen) atoms. The van der Waals surface area contributed by atoms with E-state index in [1.165, 1.54) is 12.1 Å². The van der Waals surface area contributed by atoms with Gasteiger partial charge in [-0.25, -0.2) is 0 Å². The minimum absolute atomic E-state index is 0.0252. The summed E-state index contributed by atoms with van der Waals surface area (Å²) in [4.78, 5) is 4.80. The summed E-state index contributed by atoms with van der Waals surface area (Å²) in [5, 5.41) is 9.56. The highest BCUT2D eigenvalue weighted by atomic mass is 35.5. The first-order valence-electron chi connectivity index (χ1n) is 10.9. The summed E-state index contributed by atoms with van der Waals surface area (Å²) in [7, 11) is 0. The molecule has 0 aliphatic heterocycles. The molecule has 0 aliphatic rings. The van der Waals surface area contributed by atoms with Gasteiger partial charge in [-0.3, -0.25) is 4.98 Å². The number of aromatic nitrogens is 1. The molecule has 0 radical (unpaired) electrons. The average Bonchev–Trinajstić information content (AvgIpc) is 2.74. The van der Waals surface area contributed by atoms with Crippen molar-refractivity contribution in [2.45, 2.75) is 59.6 Å². The monoisotopic (exact) mass is 472 g/mol. The summed E-state index contributed by atoms with van der Waals surface area (Å²) in [6.07, 6.45) is -3.29. The Hall–Kier alpha value is -2.66. The number of halogens is 4. The van der Waals surface area contributed by atoms with Crippen molar-refractivity contribution in [1.82, 2.24) is 4.98 Å². The third-order valence-electron chi connectivity index (χ3n) is 6.00. The molecule has 0 fully saturated rings. The van der Waals surface area contributed by atoms with Gasteiger partial charge in [-0.05, 0) is 73.7 Å². The van der Waals surface area contributed by atoms with E-state index in [2.05, 4.69) is 6.92 Å². The Kier molecular flexibility index (Phi) is 7.32. The second-order valence-electron chi connectivity index (χ2n) is 8.61. The fraction of sp³-hybridized carbons (Fsp3) is 0.333. The standard InChI is InChI=1S/C27H28ClF3N2/c1-6-23-21(13-18-7-10-20(11-8-18)27(29,30)31)26(28)22-14-19(9-12-24(22)33-23)16(4)25(15(2)3)17(5)32/h7-12,14,16,32H,6,13H2,1-5H3. The van der Waals surface area contributed by atoms with Crippen molar-refractivity contribution in [2.24, 2.45) is 0 Å². The molecule has 1 unspecified atom stereocenters. The number of alkyl halides is 3. The van der Waals surface area contributed by atoms with Gasteiger partial charge in [0.1, 0.15) is 0 Å². The van der Waals surface area contributed by atoms with Gasteiger partial charge >= 0.3 is 6.18 Å². The Bertz CT molecular complexity index is 1220. The number of rotatable bonds is 6. The summed E-state index contributed by atoms with van der Waals surface area (Å²) in [6, 6.07) is 11.2. The van der Waals surface area contributed by atoms with Crippen LogP contribution in [0.4, 0.5) is 13.2 Å². The Balaban J connectivity index is 2.08. The first-order valence-corrected chi connectivity index (χ1v) is 11.3. The second kappa shape index (κ2) is 9.68. The van der Waals surface area contributed by atoms with E-state index in [1.54, 1.807) is 6.92 Å². The van der Waals surface area contributed by atoms with E-state index in [1.807, 2.05) is 39.0 Å². The van der Waals surface area contributed by atoms with Gasteiger partial charge < -0.3 is 5.41 Å². The maximum absolute atomic E-state index is 12.9. The van der Waals surface area contributed by atoms with Crippen LogP contribution in [0.2, 0.25) is 5.02 Å². The zero-order valence-electron chi connectivity index (χ0n) is 19.5. The van der Waals surface area contributed by atoms with Crippen LogP contribution in [0.5, 0.6) is 0 Å². The summed E-state index contributed by atoms with van der Waals surface area (Å²) in [5.41, 5.74) is 6.22. The summed E-state index contributed by atoms with van der Waals surface area (Å²) >= 11 is 6.89. The zero-order valence-corrected chi connectivity index (χ0v) is 20.2. The molecule has 3 rings (SSSR count). The average molecular weight is 473 g/mol.